The molecule has 0 radical (unpaired) electrons. The molecule has 5 heteroatoms. The Bertz CT molecular complexity index is 1150. The van der Waals surface area contributed by atoms with Gasteiger partial charge in [-0.25, -0.2) is 0 Å². The van der Waals surface area contributed by atoms with Gasteiger partial charge in [-0.15, -0.1) is 0 Å². The van der Waals surface area contributed by atoms with E-state index in [0.29, 0.717) is 19.7 Å². The van der Waals surface area contributed by atoms with Crippen LogP contribution in [0.15, 0.2) is 90.0 Å². The van der Waals surface area contributed by atoms with Gasteiger partial charge >= 0.3 is 0 Å². The van der Waals surface area contributed by atoms with Gasteiger partial charge in [-0.2, -0.15) is 0 Å². The largest absolute Gasteiger partial charge is 0.393 e. The van der Waals surface area contributed by atoms with E-state index in [1.54, 1.807) is 17.6 Å². The van der Waals surface area contributed by atoms with Crippen molar-refractivity contribution in [2.24, 2.45) is 0 Å². The first-order valence-electron chi connectivity index (χ1n) is 11.6. The van der Waals surface area contributed by atoms with Gasteiger partial charge in [0.2, 0.25) is 0 Å². The molecule has 0 aliphatic carbocycles. The first kappa shape index (κ1) is 23.0. The Balaban J connectivity index is 1.53. The maximum absolute atomic E-state index is 11.9. The summed E-state index contributed by atoms with van der Waals surface area (Å²) < 4.78 is 8.11. The van der Waals surface area contributed by atoms with Crippen LogP contribution in [0.4, 0.5) is 0 Å². The number of hydrogen-bond acceptors (Lipinski definition) is 4. The molecule has 1 aromatic heterocycles. The predicted octanol–water partition coefficient (Wildman–Crippen LogP) is 5.07. The smallest absolute Gasteiger partial charge is 0.250 e. The fraction of sp³-hybridized carbons (Fsp3) is 0.321. The highest BCUT2D eigenvalue weighted by atomic mass is 16.5. The maximum Gasteiger partial charge on any atom is 0.250 e. The average Bonchev–Trinajstić information content (AvgIpc) is 2.85. The van der Waals surface area contributed by atoms with E-state index >= 15 is 0 Å². The number of aliphatic hydroxyl groups excluding tert-OH is 1. The third-order valence-electron chi connectivity index (χ3n) is 6.42. The van der Waals surface area contributed by atoms with Crippen molar-refractivity contribution in [2.75, 3.05) is 6.73 Å². The Morgan fingerprint density at radius 3 is 2.30 bits per heavy atom. The monoisotopic (exact) mass is 444 g/mol. The summed E-state index contributed by atoms with van der Waals surface area (Å²) in [6.07, 6.45) is 6.09. The first-order chi connectivity index (χ1) is 15.9. The normalized spacial score (nSPS) is 19.9. The van der Waals surface area contributed by atoms with E-state index in [9.17, 15) is 9.90 Å². The molecule has 0 saturated carbocycles. The minimum absolute atomic E-state index is 0.0190. The van der Waals surface area contributed by atoms with Crippen molar-refractivity contribution >= 4 is 0 Å². The van der Waals surface area contributed by atoms with Crippen molar-refractivity contribution in [2.45, 2.75) is 51.5 Å². The van der Waals surface area contributed by atoms with Gasteiger partial charge in [0.1, 0.15) is 12.3 Å². The van der Waals surface area contributed by atoms with Crippen molar-refractivity contribution in [1.29, 1.82) is 0 Å². The third kappa shape index (κ3) is 4.95. The van der Waals surface area contributed by atoms with Crippen LogP contribution in [-0.4, -0.2) is 27.4 Å². The summed E-state index contributed by atoms with van der Waals surface area (Å²) >= 11 is 0. The zero-order valence-corrected chi connectivity index (χ0v) is 19.5. The molecule has 0 fully saturated rings. The van der Waals surface area contributed by atoms with Gasteiger partial charge in [-0.05, 0) is 55.2 Å². The molecule has 0 spiro atoms. The van der Waals surface area contributed by atoms with Crippen LogP contribution in [0.2, 0.25) is 0 Å². The average molecular weight is 445 g/mol. The highest BCUT2D eigenvalue weighted by molar-refractivity contribution is 5.62. The summed E-state index contributed by atoms with van der Waals surface area (Å²) in [6.45, 7) is 7.01. The minimum Gasteiger partial charge on any atom is -0.393 e. The molecule has 0 bridgehead atoms. The van der Waals surface area contributed by atoms with Crippen LogP contribution in [0.5, 0.6) is 0 Å². The lowest BCUT2D eigenvalue weighted by atomic mass is 9.87. The van der Waals surface area contributed by atoms with Gasteiger partial charge in [-0.1, -0.05) is 54.6 Å². The van der Waals surface area contributed by atoms with E-state index in [-0.39, 0.29) is 11.6 Å². The molecule has 2 heterocycles. The summed E-state index contributed by atoms with van der Waals surface area (Å²) in [7, 11) is 0. The molecular formula is C28H32N2O3. The Kier molecular flexibility index (Phi) is 6.82. The second kappa shape index (κ2) is 9.77. The van der Waals surface area contributed by atoms with Crippen molar-refractivity contribution < 1.29 is 9.84 Å². The van der Waals surface area contributed by atoms with E-state index in [0.717, 1.165) is 16.7 Å². The highest BCUT2D eigenvalue weighted by Crippen LogP contribution is 2.37. The van der Waals surface area contributed by atoms with Crippen LogP contribution in [0.25, 0.3) is 11.1 Å². The van der Waals surface area contributed by atoms with Gasteiger partial charge in [-0.3, -0.25) is 4.79 Å². The summed E-state index contributed by atoms with van der Waals surface area (Å²) in [5.74, 6) is 0. The van der Waals surface area contributed by atoms with Gasteiger partial charge in [0.25, 0.3) is 5.56 Å². The number of aromatic nitrogens is 1. The second-order valence-electron chi connectivity index (χ2n) is 8.75. The van der Waals surface area contributed by atoms with E-state index < -0.39 is 11.7 Å². The molecule has 1 aliphatic heterocycles. The van der Waals surface area contributed by atoms with Crippen molar-refractivity contribution in [1.82, 2.24) is 9.47 Å². The topological polar surface area (TPSA) is 54.7 Å². The van der Waals surface area contributed by atoms with Gasteiger partial charge in [0, 0.05) is 31.4 Å². The first-order valence-corrected chi connectivity index (χ1v) is 11.6. The van der Waals surface area contributed by atoms with Crippen LogP contribution in [0.3, 0.4) is 0 Å². The highest BCUT2D eigenvalue weighted by Gasteiger charge is 2.35. The van der Waals surface area contributed by atoms with Gasteiger partial charge < -0.3 is 19.3 Å². The molecule has 2 unspecified atom stereocenters. The van der Waals surface area contributed by atoms with E-state index in [1.807, 2.05) is 49.5 Å². The second-order valence-corrected chi connectivity index (χ2v) is 8.75. The summed E-state index contributed by atoms with van der Waals surface area (Å²) in [6, 6.07) is 22.2. The number of rotatable bonds is 7. The fourth-order valence-electron chi connectivity index (χ4n) is 4.42. The van der Waals surface area contributed by atoms with Crippen molar-refractivity contribution in [3.63, 3.8) is 0 Å². The Labute approximate surface area is 195 Å². The molecular weight excluding hydrogens is 412 g/mol. The Morgan fingerprint density at radius 1 is 1.00 bits per heavy atom. The van der Waals surface area contributed by atoms with E-state index in [4.69, 9.17) is 4.74 Å². The summed E-state index contributed by atoms with van der Waals surface area (Å²) in [5, 5.41) is 10.1. The van der Waals surface area contributed by atoms with Crippen LogP contribution in [0.1, 0.15) is 44.4 Å². The third-order valence-corrected chi connectivity index (χ3v) is 6.42. The molecule has 5 nitrogen and oxygen atoms in total. The molecule has 33 heavy (non-hydrogen) atoms. The molecule has 2 aromatic carbocycles. The lowest BCUT2D eigenvalue weighted by molar-refractivity contribution is -0.1000. The van der Waals surface area contributed by atoms with Crippen molar-refractivity contribution in [3.8, 4) is 11.1 Å². The Morgan fingerprint density at radius 2 is 1.70 bits per heavy atom. The number of pyridine rings is 1. The van der Waals surface area contributed by atoms with E-state index in [1.165, 1.54) is 5.56 Å². The van der Waals surface area contributed by atoms with Gasteiger partial charge in [0.05, 0.1) is 12.1 Å². The standard InChI is InChI=1S/C28H32N2O3/c1-4-29-19-25(14-15-27(29)32)24-12-10-23(11-13-24)22(3)30-17-16-28(33-20-30,18-21(2)31)26-8-6-5-7-9-26/h5-17,19,21-22,31H,4,18,20H2,1-3H3/t21?,22-,28?/m0/s1. The van der Waals surface area contributed by atoms with Crippen LogP contribution in [0, 0.1) is 0 Å². The molecule has 4 rings (SSSR count). The molecule has 0 saturated heterocycles. The number of benzene rings is 2. The quantitative estimate of drug-likeness (QED) is 0.553. The van der Waals surface area contributed by atoms with Crippen LogP contribution in [-0.2, 0) is 16.9 Å². The lowest BCUT2D eigenvalue weighted by Gasteiger charge is -2.41. The van der Waals surface area contributed by atoms with Crippen LogP contribution >= 0.6 is 0 Å². The number of nitrogens with zero attached hydrogens (tertiary/aromatic N) is 2. The SMILES string of the molecule is CCn1cc(-c2ccc([C@H](C)N3C=CC(CC(C)O)(c4ccccc4)OC3)cc2)ccc1=O. The summed E-state index contributed by atoms with van der Waals surface area (Å²) in [4.78, 5) is 14.0. The summed E-state index contributed by atoms with van der Waals surface area (Å²) in [5.41, 5.74) is 3.73. The number of aryl methyl sites for hydroxylation is 1. The minimum atomic E-state index is -0.627. The molecule has 172 valence electrons. The number of aliphatic hydroxyl groups is 1. The molecule has 3 aromatic rings. The molecule has 3 atom stereocenters. The van der Waals surface area contributed by atoms with Crippen LogP contribution < -0.4 is 5.56 Å². The molecule has 1 aliphatic rings. The predicted molar refractivity (Wildman–Crippen MR) is 132 cm³/mol. The van der Waals surface area contributed by atoms with E-state index in [2.05, 4.69) is 48.4 Å². The lowest BCUT2D eigenvalue weighted by Crippen LogP contribution is -2.40. The Hall–Kier alpha value is -3.15. The number of hydrogen-bond donors (Lipinski definition) is 1. The zero-order valence-electron chi connectivity index (χ0n) is 19.5. The zero-order chi connectivity index (χ0) is 23.4. The number of ether oxygens (including phenoxy) is 1. The fourth-order valence-corrected chi connectivity index (χ4v) is 4.42. The maximum atomic E-state index is 11.9. The molecule has 0 amide bonds. The van der Waals surface area contributed by atoms with Gasteiger partial charge in [0.15, 0.2) is 0 Å². The van der Waals surface area contributed by atoms with Crippen molar-refractivity contribution in [3.05, 3.63) is 107 Å². The molecule has 1 N–H and O–H groups in total.